The van der Waals surface area contributed by atoms with Crippen LogP contribution in [0, 0.1) is 0 Å². The van der Waals surface area contributed by atoms with Crippen LogP contribution < -0.4 is 20.3 Å². The lowest BCUT2D eigenvalue weighted by atomic mass is 10.1. The monoisotopic (exact) mass is 423 g/mol. The second-order valence-corrected chi connectivity index (χ2v) is 7.69. The molecule has 8 heteroatoms. The molecule has 2 aromatic carbocycles. The van der Waals surface area contributed by atoms with Crippen LogP contribution >= 0.6 is 0 Å². The molecule has 2 aliphatic heterocycles. The summed E-state index contributed by atoms with van der Waals surface area (Å²) in [5, 5.41) is 5.63. The highest BCUT2D eigenvalue weighted by Crippen LogP contribution is 2.37. The number of carbonyl (C=O) groups excluding carboxylic acids is 3. The number of benzene rings is 2. The maximum absolute atomic E-state index is 12.6. The SMILES string of the molecule is COc1ccc(CNC(=O)[C@H](C)OC(=O)c2ccc3c(c2)NC(=O)[C@@H]2CCCN32)cc1. The lowest BCUT2D eigenvalue weighted by Crippen LogP contribution is -2.44. The molecular weight excluding hydrogens is 398 g/mol. The molecule has 8 nitrogen and oxygen atoms in total. The molecule has 0 aromatic heterocycles. The number of hydrogen-bond donors (Lipinski definition) is 2. The summed E-state index contributed by atoms with van der Waals surface area (Å²) in [5.74, 6) is -0.330. The van der Waals surface area contributed by atoms with Gasteiger partial charge in [-0.3, -0.25) is 9.59 Å². The predicted octanol–water partition coefficient (Wildman–Crippen LogP) is 2.48. The number of hydrogen-bond acceptors (Lipinski definition) is 6. The zero-order valence-corrected chi connectivity index (χ0v) is 17.5. The Hall–Kier alpha value is -3.55. The normalized spacial score (nSPS) is 17.8. The minimum atomic E-state index is -0.959. The van der Waals surface area contributed by atoms with E-state index in [9.17, 15) is 14.4 Å². The zero-order chi connectivity index (χ0) is 22.0. The Morgan fingerprint density at radius 2 is 2.00 bits per heavy atom. The van der Waals surface area contributed by atoms with Gasteiger partial charge in [-0.1, -0.05) is 12.1 Å². The molecule has 0 saturated carbocycles. The molecule has 2 N–H and O–H groups in total. The van der Waals surface area contributed by atoms with Crippen LogP contribution in [0.3, 0.4) is 0 Å². The Morgan fingerprint density at radius 1 is 1.23 bits per heavy atom. The lowest BCUT2D eigenvalue weighted by Gasteiger charge is -2.33. The van der Waals surface area contributed by atoms with Crippen molar-refractivity contribution in [3.05, 3.63) is 53.6 Å². The number of ether oxygens (including phenoxy) is 2. The van der Waals surface area contributed by atoms with Crippen molar-refractivity contribution in [2.24, 2.45) is 0 Å². The number of nitrogens with zero attached hydrogens (tertiary/aromatic N) is 1. The largest absolute Gasteiger partial charge is 0.497 e. The van der Waals surface area contributed by atoms with Crippen molar-refractivity contribution in [3.63, 3.8) is 0 Å². The smallest absolute Gasteiger partial charge is 0.338 e. The Kier molecular flexibility index (Phi) is 5.79. The molecule has 31 heavy (non-hydrogen) atoms. The number of rotatable bonds is 6. The molecule has 2 heterocycles. The maximum Gasteiger partial charge on any atom is 0.338 e. The minimum Gasteiger partial charge on any atom is -0.497 e. The van der Waals surface area contributed by atoms with Gasteiger partial charge in [0.15, 0.2) is 6.10 Å². The van der Waals surface area contributed by atoms with E-state index in [0.29, 0.717) is 12.2 Å². The topological polar surface area (TPSA) is 97.0 Å². The molecule has 1 fully saturated rings. The van der Waals surface area contributed by atoms with Crippen molar-refractivity contribution < 1.29 is 23.9 Å². The first-order chi connectivity index (χ1) is 15.0. The van der Waals surface area contributed by atoms with E-state index in [4.69, 9.17) is 9.47 Å². The van der Waals surface area contributed by atoms with Crippen LogP contribution in [0.25, 0.3) is 0 Å². The van der Waals surface area contributed by atoms with Crippen LogP contribution in [0.4, 0.5) is 11.4 Å². The highest BCUT2D eigenvalue weighted by molar-refractivity contribution is 6.05. The lowest BCUT2D eigenvalue weighted by molar-refractivity contribution is -0.129. The summed E-state index contributed by atoms with van der Waals surface area (Å²) in [7, 11) is 1.59. The Bertz CT molecular complexity index is 1000. The van der Waals surface area contributed by atoms with Crippen molar-refractivity contribution in [1.82, 2.24) is 5.32 Å². The van der Waals surface area contributed by atoms with Gasteiger partial charge in [-0.15, -0.1) is 0 Å². The quantitative estimate of drug-likeness (QED) is 0.693. The van der Waals surface area contributed by atoms with Gasteiger partial charge >= 0.3 is 5.97 Å². The summed E-state index contributed by atoms with van der Waals surface area (Å²) in [6, 6.07) is 12.3. The molecule has 0 unspecified atom stereocenters. The highest BCUT2D eigenvalue weighted by Gasteiger charge is 2.36. The number of carbonyl (C=O) groups is 3. The number of amides is 2. The molecule has 2 amide bonds. The molecule has 4 rings (SSSR count). The fourth-order valence-corrected chi connectivity index (χ4v) is 3.92. The molecule has 0 aliphatic carbocycles. The average Bonchev–Trinajstić information content (AvgIpc) is 3.28. The van der Waals surface area contributed by atoms with Crippen LogP contribution in [0.2, 0.25) is 0 Å². The van der Waals surface area contributed by atoms with E-state index in [1.54, 1.807) is 19.2 Å². The molecule has 2 atom stereocenters. The van der Waals surface area contributed by atoms with Crippen molar-refractivity contribution in [1.29, 1.82) is 0 Å². The van der Waals surface area contributed by atoms with E-state index in [2.05, 4.69) is 15.5 Å². The summed E-state index contributed by atoms with van der Waals surface area (Å²) in [4.78, 5) is 39.2. The van der Waals surface area contributed by atoms with E-state index < -0.39 is 18.0 Å². The van der Waals surface area contributed by atoms with E-state index in [0.717, 1.165) is 36.4 Å². The standard InChI is InChI=1S/C23H25N3O5/c1-14(21(27)24-13-15-5-8-17(30-2)9-6-15)31-23(29)16-7-10-19-18(12-16)25-22(28)20-4-3-11-26(19)20/h5-10,12,14,20H,3-4,11,13H2,1-2H3,(H,24,27)(H,25,28)/t14-,20-/m0/s1. The van der Waals surface area contributed by atoms with Crippen molar-refractivity contribution in [2.45, 2.75) is 38.5 Å². The summed E-state index contributed by atoms with van der Waals surface area (Å²) < 4.78 is 10.4. The molecule has 0 radical (unpaired) electrons. The molecule has 1 saturated heterocycles. The van der Waals surface area contributed by atoms with E-state index in [1.807, 2.05) is 30.3 Å². The van der Waals surface area contributed by atoms with E-state index in [1.165, 1.54) is 6.92 Å². The molecule has 162 valence electrons. The highest BCUT2D eigenvalue weighted by atomic mass is 16.5. The van der Waals surface area contributed by atoms with Crippen molar-refractivity contribution >= 4 is 29.2 Å². The first kappa shape index (κ1) is 20.7. The third-order valence-corrected chi connectivity index (χ3v) is 5.63. The number of methoxy groups -OCH3 is 1. The van der Waals surface area contributed by atoms with Crippen LogP contribution in [0.5, 0.6) is 5.75 Å². The van der Waals surface area contributed by atoms with E-state index >= 15 is 0 Å². The van der Waals surface area contributed by atoms with Gasteiger partial charge in [-0.05, 0) is 55.7 Å². The molecular formula is C23H25N3O5. The molecule has 2 aromatic rings. The van der Waals surface area contributed by atoms with Crippen LogP contribution in [0.15, 0.2) is 42.5 Å². The van der Waals surface area contributed by atoms with Gasteiger partial charge in [-0.25, -0.2) is 4.79 Å². The van der Waals surface area contributed by atoms with Crippen LogP contribution in [-0.2, 0) is 20.9 Å². The minimum absolute atomic E-state index is 0.0539. The van der Waals surface area contributed by atoms with Crippen molar-refractivity contribution in [3.8, 4) is 5.75 Å². The van der Waals surface area contributed by atoms with Gasteiger partial charge < -0.3 is 25.0 Å². The Morgan fingerprint density at radius 3 is 2.74 bits per heavy atom. The maximum atomic E-state index is 12.6. The molecule has 2 aliphatic rings. The number of anilines is 2. The predicted molar refractivity (Wildman–Crippen MR) is 115 cm³/mol. The van der Waals surface area contributed by atoms with E-state index in [-0.39, 0.29) is 17.5 Å². The van der Waals surface area contributed by atoms with Gasteiger partial charge in [-0.2, -0.15) is 0 Å². The average molecular weight is 423 g/mol. The fraction of sp³-hybridized carbons (Fsp3) is 0.348. The Balaban J connectivity index is 1.35. The number of fused-ring (bicyclic) bond motifs is 3. The van der Waals surface area contributed by atoms with Gasteiger partial charge in [0.1, 0.15) is 11.8 Å². The van der Waals surface area contributed by atoms with Crippen LogP contribution in [-0.4, -0.2) is 43.6 Å². The van der Waals surface area contributed by atoms with Gasteiger partial charge in [0.2, 0.25) is 5.91 Å². The third kappa shape index (κ3) is 4.33. The molecule has 0 spiro atoms. The first-order valence-electron chi connectivity index (χ1n) is 10.3. The number of esters is 1. The summed E-state index contributed by atoms with van der Waals surface area (Å²) in [6.07, 6.45) is 0.835. The second kappa shape index (κ2) is 8.67. The molecule has 0 bridgehead atoms. The number of nitrogens with one attached hydrogen (secondary N) is 2. The van der Waals surface area contributed by atoms with Gasteiger partial charge in [0.25, 0.3) is 5.91 Å². The Labute approximate surface area is 180 Å². The second-order valence-electron chi connectivity index (χ2n) is 7.69. The summed E-state index contributed by atoms with van der Waals surface area (Å²) in [6.45, 7) is 2.66. The summed E-state index contributed by atoms with van der Waals surface area (Å²) >= 11 is 0. The zero-order valence-electron chi connectivity index (χ0n) is 17.5. The summed E-state index contributed by atoms with van der Waals surface area (Å²) in [5.41, 5.74) is 2.68. The van der Waals surface area contributed by atoms with Gasteiger partial charge in [0.05, 0.1) is 24.0 Å². The fourth-order valence-electron chi connectivity index (χ4n) is 3.92. The van der Waals surface area contributed by atoms with Crippen LogP contribution in [0.1, 0.15) is 35.7 Å². The first-order valence-corrected chi connectivity index (χ1v) is 10.3. The van der Waals surface area contributed by atoms with Crippen molar-refractivity contribution in [2.75, 3.05) is 23.9 Å². The van der Waals surface area contributed by atoms with Gasteiger partial charge in [0, 0.05) is 13.1 Å². The third-order valence-electron chi connectivity index (χ3n) is 5.63.